The predicted octanol–water partition coefficient (Wildman–Crippen LogP) is 0.215. The van der Waals surface area contributed by atoms with Crippen LogP contribution in [0.5, 0.6) is 0 Å². The van der Waals surface area contributed by atoms with Gasteiger partial charge in [-0.05, 0) is 5.92 Å². The van der Waals surface area contributed by atoms with Gasteiger partial charge in [0, 0.05) is 26.1 Å². The molecule has 1 N–H and O–H groups in total. The van der Waals surface area contributed by atoms with E-state index in [2.05, 4.69) is 19.2 Å². The van der Waals surface area contributed by atoms with Crippen molar-refractivity contribution in [2.24, 2.45) is 5.92 Å². The maximum atomic E-state index is 11.4. The standard InChI is InChI=1S/C9H16N2O/c1-6(2)9-5-10-7(9)4-8(12)11(9)3/h6-7,10H,4-5H2,1-3H3. The number of fused-ring (bicyclic) bond motifs is 1. The fourth-order valence-electron chi connectivity index (χ4n) is 2.59. The van der Waals surface area contributed by atoms with Crippen LogP contribution in [0.4, 0.5) is 0 Å². The van der Waals surface area contributed by atoms with E-state index in [1.54, 1.807) is 0 Å². The topological polar surface area (TPSA) is 32.3 Å². The van der Waals surface area contributed by atoms with Gasteiger partial charge < -0.3 is 10.2 Å². The Morgan fingerprint density at radius 2 is 2.33 bits per heavy atom. The van der Waals surface area contributed by atoms with E-state index in [4.69, 9.17) is 0 Å². The Balaban J connectivity index is 2.30. The molecule has 12 heavy (non-hydrogen) atoms. The van der Waals surface area contributed by atoms with Crippen molar-refractivity contribution in [2.45, 2.75) is 31.8 Å². The Bertz CT molecular complexity index is 227. The second-order valence-electron chi connectivity index (χ2n) is 4.24. The van der Waals surface area contributed by atoms with Crippen LogP contribution in [0.3, 0.4) is 0 Å². The lowest BCUT2D eigenvalue weighted by atomic mass is 9.74. The van der Waals surface area contributed by atoms with Gasteiger partial charge in [-0.1, -0.05) is 13.8 Å². The summed E-state index contributed by atoms with van der Waals surface area (Å²) in [5.74, 6) is 0.846. The summed E-state index contributed by atoms with van der Waals surface area (Å²) in [5.41, 5.74) is 0.136. The minimum Gasteiger partial charge on any atom is -0.337 e. The average Bonchev–Trinajstić information content (AvgIpc) is 2.11. The number of hydrogen-bond donors (Lipinski definition) is 1. The molecular weight excluding hydrogens is 152 g/mol. The Labute approximate surface area is 73.1 Å². The highest BCUT2D eigenvalue weighted by atomic mass is 16.2. The zero-order valence-electron chi connectivity index (χ0n) is 7.92. The van der Waals surface area contributed by atoms with E-state index in [-0.39, 0.29) is 5.54 Å². The summed E-state index contributed by atoms with van der Waals surface area (Å²) >= 11 is 0. The fraction of sp³-hybridized carbons (Fsp3) is 0.889. The number of amides is 1. The molecular formula is C9H16N2O. The molecule has 0 aromatic heterocycles. The van der Waals surface area contributed by atoms with Crippen LogP contribution < -0.4 is 5.32 Å². The quantitative estimate of drug-likeness (QED) is 0.607. The van der Waals surface area contributed by atoms with E-state index in [0.29, 0.717) is 24.3 Å². The minimum absolute atomic E-state index is 0.136. The number of likely N-dealkylation sites (N-methyl/N-ethyl adjacent to an activating group) is 1. The van der Waals surface area contributed by atoms with E-state index in [0.717, 1.165) is 6.54 Å². The summed E-state index contributed by atoms with van der Waals surface area (Å²) in [7, 11) is 1.93. The second kappa shape index (κ2) is 2.22. The first-order valence-electron chi connectivity index (χ1n) is 4.59. The van der Waals surface area contributed by atoms with Crippen LogP contribution in [0.2, 0.25) is 0 Å². The molecule has 1 amide bonds. The van der Waals surface area contributed by atoms with Crippen LogP contribution in [-0.4, -0.2) is 36.0 Å². The zero-order chi connectivity index (χ0) is 8.93. The van der Waals surface area contributed by atoms with Crippen LogP contribution in [0, 0.1) is 5.92 Å². The van der Waals surface area contributed by atoms with Crippen molar-refractivity contribution >= 4 is 5.91 Å². The average molecular weight is 168 g/mol. The number of likely N-dealkylation sites (tertiary alicyclic amines) is 1. The molecule has 3 heteroatoms. The molecule has 68 valence electrons. The maximum Gasteiger partial charge on any atom is 0.224 e. The fourth-order valence-corrected chi connectivity index (χ4v) is 2.59. The van der Waals surface area contributed by atoms with Crippen molar-refractivity contribution in [2.75, 3.05) is 13.6 Å². The largest absolute Gasteiger partial charge is 0.337 e. The summed E-state index contributed by atoms with van der Waals surface area (Å²) in [4.78, 5) is 13.4. The lowest BCUT2D eigenvalue weighted by Crippen LogP contribution is -2.72. The van der Waals surface area contributed by atoms with Gasteiger partial charge in [-0.2, -0.15) is 0 Å². The molecule has 0 saturated carbocycles. The highest BCUT2D eigenvalue weighted by Gasteiger charge is 2.58. The number of nitrogens with one attached hydrogen (secondary N) is 1. The van der Waals surface area contributed by atoms with Crippen molar-refractivity contribution in [1.29, 1.82) is 0 Å². The summed E-state index contributed by atoms with van der Waals surface area (Å²) in [6.45, 7) is 5.36. The van der Waals surface area contributed by atoms with Crippen LogP contribution in [0.1, 0.15) is 20.3 Å². The van der Waals surface area contributed by atoms with Gasteiger partial charge in [-0.3, -0.25) is 4.79 Å². The Hall–Kier alpha value is -0.570. The summed E-state index contributed by atoms with van der Waals surface area (Å²) in [6, 6.07) is 0.412. The zero-order valence-corrected chi connectivity index (χ0v) is 7.92. The van der Waals surface area contributed by atoms with Crippen LogP contribution in [0.25, 0.3) is 0 Å². The van der Waals surface area contributed by atoms with Crippen molar-refractivity contribution < 1.29 is 4.79 Å². The number of nitrogens with zero attached hydrogens (tertiary/aromatic N) is 1. The third kappa shape index (κ3) is 0.678. The number of hydrogen-bond acceptors (Lipinski definition) is 2. The van der Waals surface area contributed by atoms with Crippen LogP contribution in [-0.2, 0) is 4.79 Å². The van der Waals surface area contributed by atoms with E-state index in [9.17, 15) is 4.79 Å². The molecule has 0 aliphatic carbocycles. The van der Waals surface area contributed by atoms with E-state index >= 15 is 0 Å². The van der Waals surface area contributed by atoms with E-state index in [1.807, 2.05) is 11.9 Å². The molecule has 0 spiro atoms. The highest BCUT2D eigenvalue weighted by molar-refractivity contribution is 5.81. The van der Waals surface area contributed by atoms with Gasteiger partial charge in [-0.25, -0.2) is 0 Å². The molecule has 2 aliphatic rings. The molecule has 0 bridgehead atoms. The smallest absolute Gasteiger partial charge is 0.224 e. The molecule has 2 fully saturated rings. The van der Waals surface area contributed by atoms with Crippen molar-refractivity contribution in [1.82, 2.24) is 10.2 Å². The van der Waals surface area contributed by atoms with Crippen molar-refractivity contribution in [3.8, 4) is 0 Å². The minimum atomic E-state index is 0.136. The number of rotatable bonds is 1. The monoisotopic (exact) mass is 168 g/mol. The van der Waals surface area contributed by atoms with Gasteiger partial charge in [0.25, 0.3) is 0 Å². The van der Waals surface area contributed by atoms with Gasteiger partial charge in [0.05, 0.1) is 5.54 Å². The molecule has 2 aliphatic heterocycles. The normalized spacial score (nSPS) is 40.2. The van der Waals surface area contributed by atoms with Gasteiger partial charge in [0.15, 0.2) is 0 Å². The molecule has 2 saturated heterocycles. The van der Waals surface area contributed by atoms with E-state index in [1.165, 1.54) is 0 Å². The van der Waals surface area contributed by atoms with Crippen molar-refractivity contribution in [3.63, 3.8) is 0 Å². The summed E-state index contributed by atoms with van der Waals surface area (Å²) < 4.78 is 0. The molecule has 2 unspecified atom stereocenters. The van der Waals surface area contributed by atoms with Gasteiger partial charge in [-0.15, -0.1) is 0 Å². The molecule has 3 nitrogen and oxygen atoms in total. The Kier molecular flexibility index (Phi) is 1.49. The SMILES string of the molecule is CC(C)C12CNC1CC(=O)N2C. The third-order valence-electron chi connectivity index (χ3n) is 3.61. The molecule has 2 heterocycles. The van der Waals surface area contributed by atoms with Gasteiger partial charge in [0.1, 0.15) is 0 Å². The predicted molar refractivity (Wildman–Crippen MR) is 46.7 cm³/mol. The Morgan fingerprint density at radius 3 is 2.58 bits per heavy atom. The van der Waals surface area contributed by atoms with Crippen LogP contribution in [0.15, 0.2) is 0 Å². The first-order valence-corrected chi connectivity index (χ1v) is 4.59. The Morgan fingerprint density at radius 1 is 1.67 bits per heavy atom. The maximum absolute atomic E-state index is 11.4. The van der Waals surface area contributed by atoms with Gasteiger partial charge in [0.2, 0.25) is 5.91 Å². The number of carbonyl (C=O) groups excluding carboxylic acids is 1. The molecule has 0 radical (unpaired) electrons. The molecule has 0 aromatic rings. The van der Waals surface area contributed by atoms with Crippen LogP contribution >= 0.6 is 0 Å². The van der Waals surface area contributed by atoms with Crippen molar-refractivity contribution in [3.05, 3.63) is 0 Å². The lowest BCUT2D eigenvalue weighted by molar-refractivity contribution is -0.131. The number of carbonyl (C=O) groups is 1. The van der Waals surface area contributed by atoms with Gasteiger partial charge >= 0.3 is 0 Å². The molecule has 0 aromatic carbocycles. The molecule has 2 atom stereocenters. The first kappa shape index (κ1) is 8.05. The molecule has 2 rings (SSSR count). The highest BCUT2D eigenvalue weighted by Crippen LogP contribution is 2.40. The third-order valence-corrected chi connectivity index (χ3v) is 3.61. The first-order chi connectivity index (χ1) is 5.59. The lowest BCUT2D eigenvalue weighted by Gasteiger charge is -2.52. The van der Waals surface area contributed by atoms with E-state index < -0.39 is 0 Å². The summed E-state index contributed by atoms with van der Waals surface area (Å²) in [6.07, 6.45) is 0.689. The summed E-state index contributed by atoms with van der Waals surface area (Å²) in [5, 5.41) is 3.33. The second-order valence-corrected chi connectivity index (χ2v) is 4.24.